The number of ether oxygens (including phenoxy) is 1. The molecular formula is C23H21N3O3S2. The number of rotatable bonds is 7. The van der Waals surface area contributed by atoms with Crippen LogP contribution in [-0.2, 0) is 18.4 Å². The van der Waals surface area contributed by atoms with Gasteiger partial charge in [0, 0.05) is 24.5 Å². The number of thioether (sulfide) groups is 1. The first-order chi connectivity index (χ1) is 15.1. The van der Waals surface area contributed by atoms with Gasteiger partial charge in [0.1, 0.15) is 10.4 Å². The third kappa shape index (κ3) is 4.65. The van der Waals surface area contributed by atoms with Crippen LogP contribution in [0.5, 0.6) is 5.75 Å². The molecule has 0 saturated carbocycles. The lowest BCUT2D eigenvalue weighted by Gasteiger charge is -2.09. The molecule has 0 saturated heterocycles. The Morgan fingerprint density at radius 2 is 2.00 bits per heavy atom. The van der Waals surface area contributed by atoms with Gasteiger partial charge in [0.2, 0.25) is 5.91 Å². The molecule has 31 heavy (non-hydrogen) atoms. The fourth-order valence-corrected chi connectivity index (χ4v) is 4.92. The van der Waals surface area contributed by atoms with Crippen molar-refractivity contribution in [3.63, 3.8) is 0 Å². The number of carbonyl (C=O) groups excluding carboxylic acids is 1. The number of aromatic nitrogens is 2. The highest BCUT2D eigenvalue weighted by Gasteiger charge is 2.16. The van der Waals surface area contributed by atoms with Gasteiger partial charge in [-0.15, -0.1) is 11.3 Å². The number of hydrogen-bond acceptors (Lipinski definition) is 6. The number of methoxy groups -OCH3 is 1. The number of hydrogen-bond donors (Lipinski definition) is 1. The van der Waals surface area contributed by atoms with Crippen LogP contribution in [0.25, 0.3) is 21.3 Å². The van der Waals surface area contributed by atoms with Gasteiger partial charge in [-0.1, -0.05) is 54.2 Å². The van der Waals surface area contributed by atoms with E-state index in [0.29, 0.717) is 21.9 Å². The molecule has 1 amide bonds. The monoisotopic (exact) mass is 451 g/mol. The van der Waals surface area contributed by atoms with Crippen molar-refractivity contribution >= 4 is 39.2 Å². The van der Waals surface area contributed by atoms with E-state index in [-0.39, 0.29) is 17.2 Å². The number of amides is 1. The molecule has 158 valence electrons. The molecule has 0 spiro atoms. The maximum Gasteiger partial charge on any atom is 0.271 e. The van der Waals surface area contributed by atoms with Crippen LogP contribution in [0.4, 0.5) is 0 Å². The lowest BCUT2D eigenvalue weighted by molar-refractivity contribution is -0.118. The summed E-state index contributed by atoms with van der Waals surface area (Å²) >= 11 is 2.65. The lowest BCUT2D eigenvalue weighted by Crippen LogP contribution is -2.25. The first-order valence-electron chi connectivity index (χ1n) is 9.63. The molecule has 2 aromatic carbocycles. The fraction of sp³-hybridized carbons (Fsp3) is 0.174. The summed E-state index contributed by atoms with van der Waals surface area (Å²) in [6.45, 7) is 0.407. The topological polar surface area (TPSA) is 73.2 Å². The molecule has 0 aliphatic carbocycles. The lowest BCUT2D eigenvalue weighted by atomic mass is 10.1. The highest BCUT2D eigenvalue weighted by atomic mass is 32.2. The normalized spacial score (nSPS) is 10.9. The van der Waals surface area contributed by atoms with Crippen molar-refractivity contribution in [1.82, 2.24) is 14.9 Å². The summed E-state index contributed by atoms with van der Waals surface area (Å²) < 4.78 is 7.33. The third-order valence-electron chi connectivity index (χ3n) is 4.80. The molecule has 0 fully saturated rings. The van der Waals surface area contributed by atoms with Crippen molar-refractivity contribution in [3.05, 3.63) is 75.9 Å². The predicted octanol–water partition coefficient (Wildman–Crippen LogP) is 4.08. The Bertz CT molecular complexity index is 1280. The van der Waals surface area contributed by atoms with E-state index in [1.807, 2.05) is 60.0 Å². The molecule has 0 aliphatic rings. The standard InChI is InChI=1S/C23H21N3O3S2/c1-26-22(28)21-20(18(13-30-21)16-8-4-3-5-9-16)25-23(26)31-14-19(27)24-12-15-7-6-10-17(11-15)29-2/h3-11,13H,12,14H2,1-2H3,(H,24,27). The van der Waals surface area contributed by atoms with Crippen LogP contribution < -0.4 is 15.6 Å². The van der Waals surface area contributed by atoms with Crippen molar-refractivity contribution in [2.24, 2.45) is 7.05 Å². The summed E-state index contributed by atoms with van der Waals surface area (Å²) in [4.78, 5) is 29.9. The van der Waals surface area contributed by atoms with Crippen LogP contribution in [0.15, 0.2) is 69.9 Å². The second kappa shape index (κ2) is 9.36. The maximum atomic E-state index is 12.8. The summed E-state index contributed by atoms with van der Waals surface area (Å²) in [5.74, 6) is 0.787. The fourth-order valence-electron chi connectivity index (χ4n) is 3.14. The largest absolute Gasteiger partial charge is 0.497 e. The molecule has 1 N–H and O–H groups in total. The minimum Gasteiger partial charge on any atom is -0.497 e. The molecule has 6 nitrogen and oxygen atoms in total. The summed E-state index contributed by atoms with van der Waals surface area (Å²) in [5, 5.41) is 5.38. The van der Waals surface area contributed by atoms with Crippen LogP contribution in [-0.4, -0.2) is 28.3 Å². The molecule has 8 heteroatoms. The molecule has 2 heterocycles. The first kappa shape index (κ1) is 21.1. The van der Waals surface area contributed by atoms with E-state index in [1.165, 1.54) is 27.7 Å². The highest BCUT2D eigenvalue weighted by Crippen LogP contribution is 2.32. The van der Waals surface area contributed by atoms with Gasteiger partial charge in [-0.3, -0.25) is 14.2 Å². The van der Waals surface area contributed by atoms with Crippen molar-refractivity contribution in [2.75, 3.05) is 12.9 Å². The Balaban J connectivity index is 1.49. The van der Waals surface area contributed by atoms with Gasteiger partial charge in [-0.25, -0.2) is 4.98 Å². The number of thiophene rings is 1. The van der Waals surface area contributed by atoms with Gasteiger partial charge < -0.3 is 10.1 Å². The zero-order valence-electron chi connectivity index (χ0n) is 17.1. The van der Waals surface area contributed by atoms with Crippen molar-refractivity contribution in [3.8, 4) is 16.9 Å². The smallest absolute Gasteiger partial charge is 0.271 e. The maximum absolute atomic E-state index is 12.8. The van der Waals surface area contributed by atoms with E-state index in [1.54, 1.807) is 14.2 Å². The van der Waals surface area contributed by atoms with E-state index in [9.17, 15) is 9.59 Å². The van der Waals surface area contributed by atoms with Gasteiger partial charge in [0.05, 0.1) is 18.4 Å². The Kier molecular flexibility index (Phi) is 6.39. The zero-order valence-corrected chi connectivity index (χ0v) is 18.8. The highest BCUT2D eigenvalue weighted by molar-refractivity contribution is 7.99. The van der Waals surface area contributed by atoms with Crippen molar-refractivity contribution in [1.29, 1.82) is 0 Å². The molecule has 0 radical (unpaired) electrons. The van der Waals surface area contributed by atoms with E-state index in [4.69, 9.17) is 9.72 Å². The van der Waals surface area contributed by atoms with E-state index < -0.39 is 0 Å². The summed E-state index contributed by atoms with van der Waals surface area (Å²) in [7, 11) is 3.30. The minimum absolute atomic E-state index is 0.100. The van der Waals surface area contributed by atoms with Gasteiger partial charge in [-0.2, -0.15) is 0 Å². The number of benzene rings is 2. The number of fused-ring (bicyclic) bond motifs is 1. The number of nitrogens with zero attached hydrogens (tertiary/aromatic N) is 2. The summed E-state index contributed by atoms with van der Waals surface area (Å²) in [6, 6.07) is 17.4. The minimum atomic E-state index is -0.129. The van der Waals surface area contributed by atoms with Crippen LogP contribution in [0.2, 0.25) is 0 Å². The quantitative estimate of drug-likeness (QED) is 0.339. The second-order valence-electron chi connectivity index (χ2n) is 6.87. The van der Waals surface area contributed by atoms with Crippen LogP contribution in [0.3, 0.4) is 0 Å². The molecule has 4 aromatic rings. The van der Waals surface area contributed by atoms with Crippen molar-refractivity contribution in [2.45, 2.75) is 11.7 Å². The summed E-state index contributed by atoms with van der Waals surface area (Å²) in [5.41, 5.74) is 3.48. The second-order valence-corrected chi connectivity index (χ2v) is 8.69. The SMILES string of the molecule is COc1cccc(CNC(=O)CSc2nc3c(-c4ccccc4)csc3c(=O)n2C)c1. The third-order valence-corrected chi connectivity index (χ3v) is 6.79. The van der Waals surface area contributed by atoms with Gasteiger partial charge in [0.25, 0.3) is 5.56 Å². The Morgan fingerprint density at radius 3 is 2.77 bits per heavy atom. The Morgan fingerprint density at radius 1 is 1.19 bits per heavy atom. The molecule has 0 bridgehead atoms. The van der Waals surface area contributed by atoms with E-state index in [0.717, 1.165) is 22.4 Å². The summed E-state index contributed by atoms with van der Waals surface area (Å²) in [6.07, 6.45) is 0. The number of nitrogens with one attached hydrogen (secondary N) is 1. The Labute approximate surface area is 187 Å². The molecular weight excluding hydrogens is 430 g/mol. The molecule has 0 atom stereocenters. The molecule has 2 aromatic heterocycles. The molecule has 4 rings (SSSR count). The van der Waals surface area contributed by atoms with Crippen molar-refractivity contribution < 1.29 is 9.53 Å². The zero-order chi connectivity index (χ0) is 21.8. The average Bonchev–Trinajstić information content (AvgIpc) is 3.23. The van der Waals surface area contributed by atoms with Crippen LogP contribution in [0, 0.1) is 0 Å². The average molecular weight is 452 g/mol. The van der Waals surface area contributed by atoms with Gasteiger partial charge in [0.15, 0.2) is 5.16 Å². The first-order valence-corrected chi connectivity index (χ1v) is 11.5. The molecule has 0 aliphatic heterocycles. The van der Waals surface area contributed by atoms with E-state index in [2.05, 4.69) is 5.32 Å². The van der Waals surface area contributed by atoms with Gasteiger partial charge in [-0.05, 0) is 23.3 Å². The van der Waals surface area contributed by atoms with Crippen LogP contribution in [0.1, 0.15) is 5.56 Å². The van der Waals surface area contributed by atoms with E-state index >= 15 is 0 Å². The predicted molar refractivity (Wildman–Crippen MR) is 126 cm³/mol. The van der Waals surface area contributed by atoms with Gasteiger partial charge >= 0.3 is 0 Å². The number of carbonyl (C=O) groups is 1. The Hall–Kier alpha value is -3.10. The molecule has 0 unspecified atom stereocenters. The van der Waals surface area contributed by atoms with Crippen LogP contribution >= 0.6 is 23.1 Å².